The van der Waals surface area contributed by atoms with Gasteiger partial charge >= 0.3 is 5.97 Å². The lowest BCUT2D eigenvalue weighted by Crippen LogP contribution is -2.34. The first-order chi connectivity index (χ1) is 13.1. The summed E-state index contributed by atoms with van der Waals surface area (Å²) in [6.45, 7) is 0. The van der Waals surface area contributed by atoms with Crippen molar-refractivity contribution in [2.24, 2.45) is 0 Å². The summed E-state index contributed by atoms with van der Waals surface area (Å²) < 4.78 is 5.34. The van der Waals surface area contributed by atoms with Gasteiger partial charge in [-0.1, -0.05) is 42.5 Å². The van der Waals surface area contributed by atoms with E-state index in [2.05, 4.69) is 10.3 Å². The largest absolute Gasteiger partial charge is 0.496 e. The Bertz CT molecular complexity index is 940. The molecular formula is C20H18N2O4S. The van der Waals surface area contributed by atoms with Gasteiger partial charge in [-0.05, 0) is 17.7 Å². The summed E-state index contributed by atoms with van der Waals surface area (Å²) in [6.07, 6.45) is 0.00224. The standard InChI is InChI=1S/C20H18N2O4S/c1-26-16-10-6-5-9-15(16)19-21-14(12-27-19)11-17(23)22-18(20(24)25)13-7-3-2-4-8-13/h2-10,12,18H,11H2,1H3,(H,22,23)(H,24,25). The molecule has 7 heteroatoms. The van der Waals surface area contributed by atoms with E-state index in [1.54, 1.807) is 42.8 Å². The molecule has 0 aliphatic carbocycles. The molecule has 6 nitrogen and oxygen atoms in total. The predicted molar refractivity (Wildman–Crippen MR) is 103 cm³/mol. The van der Waals surface area contributed by atoms with Gasteiger partial charge in [-0.3, -0.25) is 4.79 Å². The number of hydrogen-bond acceptors (Lipinski definition) is 5. The van der Waals surface area contributed by atoms with E-state index in [0.717, 1.165) is 10.6 Å². The number of carbonyl (C=O) groups excluding carboxylic acids is 1. The lowest BCUT2D eigenvalue weighted by Gasteiger charge is -2.14. The molecule has 1 atom stereocenters. The fraction of sp³-hybridized carbons (Fsp3) is 0.150. The Morgan fingerprint density at radius 1 is 1.15 bits per heavy atom. The zero-order valence-corrected chi connectivity index (χ0v) is 15.4. The maximum atomic E-state index is 12.3. The van der Waals surface area contributed by atoms with Gasteiger partial charge < -0.3 is 15.2 Å². The van der Waals surface area contributed by atoms with Crippen LogP contribution in [0.15, 0.2) is 60.0 Å². The molecule has 1 amide bonds. The fourth-order valence-electron chi connectivity index (χ4n) is 2.64. The van der Waals surface area contributed by atoms with Crippen LogP contribution >= 0.6 is 11.3 Å². The molecule has 2 aromatic carbocycles. The van der Waals surface area contributed by atoms with Crippen LogP contribution in [-0.4, -0.2) is 29.1 Å². The second-order valence-corrected chi connectivity index (χ2v) is 6.63. The van der Waals surface area contributed by atoms with Gasteiger partial charge in [0.1, 0.15) is 10.8 Å². The van der Waals surface area contributed by atoms with E-state index in [9.17, 15) is 14.7 Å². The number of ether oxygens (including phenoxy) is 1. The third-order valence-corrected chi connectivity index (χ3v) is 4.84. The predicted octanol–water partition coefficient (Wildman–Crippen LogP) is 3.30. The Morgan fingerprint density at radius 2 is 1.85 bits per heavy atom. The Hall–Kier alpha value is -3.19. The number of aliphatic carboxylic acids is 1. The van der Waals surface area contributed by atoms with Crippen LogP contribution in [0.5, 0.6) is 5.75 Å². The lowest BCUT2D eigenvalue weighted by atomic mass is 10.1. The Morgan fingerprint density at radius 3 is 2.56 bits per heavy atom. The Kier molecular flexibility index (Phi) is 5.83. The van der Waals surface area contributed by atoms with Crippen molar-refractivity contribution in [1.82, 2.24) is 10.3 Å². The number of rotatable bonds is 7. The molecule has 0 aliphatic heterocycles. The molecule has 1 unspecified atom stereocenters. The minimum Gasteiger partial charge on any atom is -0.496 e. The highest BCUT2D eigenvalue weighted by molar-refractivity contribution is 7.13. The highest BCUT2D eigenvalue weighted by Crippen LogP contribution is 2.31. The fourth-order valence-corrected chi connectivity index (χ4v) is 3.49. The summed E-state index contributed by atoms with van der Waals surface area (Å²) in [5, 5.41) is 14.5. The van der Waals surface area contributed by atoms with Crippen molar-refractivity contribution >= 4 is 23.2 Å². The first-order valence-corrected chi connectivity index (χ1v) is 9.11. The summed E-state index contributed by atoms with van der Waals surface area (Å²) in [5.74, 6) is -0.802. The number of carboxylic acids is 1. The van der Waals surface area contributed by atoms with Gasteiger partial charge in [-0.15, -0.1) is 11.3 Å². The SMILES string of the molecule is COc1ccccc1-c1nc(CC(=O)NC(C(=O)O)c2ccccc2)cs1. The molecule has 0 saturated heterocycles. The number of benzene rings is 2. The van der Waals surface area contributed by atoms with Crippen molar-refractivity contribution in [2.45, 2.75) is 12.5 Å². The van der Waals surface area contributed by atoms with Crippen LogP contribution in [-0.2, 0) is 16.0 Å². The van der Waals surface area contributed by atoms with E-state index in [1.807, 2.05) is 24.3 Å². The second kappa shape index (κ2) is 8.46. The summed E-state index contributed by atoms with van der Waals surface area (Å²) >= 11 is 1.41. The van der Waals surface area contributed by atoms with Crippen LogP contribution in [0.2, 0.25) is 0 Å². The topological polar surface area (TPSA) is 88.5 Å². The third kappa shape index (κ3) is 4.51. The lowest BCUT2D eigenvalue weighted by molar-refractivity contribution is -0.142. The smallest absolute Gasteiger partial charge is 0.330 e. The number of nitrogens with zero attached hydrogens (tertiary/aromatic N) is 1. The molecular weight excluding hydrogens is 364 g/mol. The number of nitrogens with one attached hydrogen (secondary N) is 1. The number of methoxy groups -OCH3 is 1. The van der Waals surface area contributed by atoms with Crippen molar-refractivity contribution in [3.05, 3.63) is 71.2 Å². The monoisotopic (exact) mass is 382 g/mol. The van der Waals surface area contributed by atoms with Gasteiger partial charge in [-0.2, -0.15) is 0 Å². The van der Waals surface area contributed by atoms with Crippen molar-refractivity contribution in [2.75, 3.05) is 7.11 Å². The molecule has 2 N–H and O–H groups in total. The highest BCUT2D eigenvalue weighted by atomic mass is 32.1. The molecule has 1 aromatic heterocycles. The van der Waals surface area contributed by atoms with Crippen molar-refractivity contribution in [3.8, 4) is 16.3 Å². The quantitative estimate of drug-likeness (QED) is 0.654. The van der Waals surface area contributed by atoms with Crippen LogP contribution in [0.3, 0.4) is 0 Å². The van der Waals surface area contributed by atoms with Gasteiger partial charge in [0, 0.05) is 5.38 Å². The number of aromatic nitrogens is 1. The van der Waals surface area contributed by atoms with Gasteiger partial charge in [0.25, 0.3) is 0 Å². The van der Waals surface area contributed by atoms with Crippen LogP contribution < -0.4 is 10.1 Å². The molecule has 0 spiro atoms. The molecule has 3 aromatic rings. The van der Waals surface area contributed by atoms with Crippen molar-refractivity contribution < 1.29 is 19.4 Å². The average molecular weight is 382 g/mol. The van der Waals surface area contributed by atoms with Crippen LogP contribution in [0.25, 0.3) is 10.6 Å². The highest BCUT2D eigenvalue weighted by Gasteiger charge is 2.22. The zero-order valence-electron chi connectivity index (χ0n) is 14.6. The normalized spacial score (nSPS) is 11.6. The Balaban J connectivity index is 1.71. The summed E-state index contributed by atoms with van der Waals surface area (Å²) in [7, 11) is 1.59. The summed E-state index contributed by atoms with van der Waals surface area (Å²) in [4.78, 5) is 28.3. The van der Waals surface area contributed by atoms with E-state index in [0.29, 0.717) is 17.0 Å². The van der Waals surface area contributed by atoms with E-state index in [1.165, 1.54) is 11.3 Å². The molecule has 1 heterocycles. The summed E-state index contributed by atoms with van der Waals surface area (Å²) in [6, 6.07) is 15.0. The van der Waals surface area contributed by atoms with Crippen LogP contribution in [0, 0.1) is 0 Å². The van der Waals surface area contributed by atoms with E-state index >= 15 is 0 Å². The number of carboxylic acid groups (broad SMARTS) is 1. The van der Waals surface area contributed by atoms with Gasteiger partial charge in [0.15, 0.2) is 6.04 Å². The number of para-hydroxylation sites is 1. The van der Waals surface area contributed by atoms with Crippen LogP contribution in [0.4, 0.5) is 0 Å². The first kappa shape index (κ1) is 18.6. The zero-order chi connectivity index (χ0) is 19.2. The first-order valence-electron chi connectivity index (χ1n) is 8.23. The second-order valence-electron chi connectivity index (χ2n) is 5.77. The van der Waals surface area contributed by atoms with Gasteiger partial charge in [0.2, 0.25) is 5.91 Å². The third-order valence-electron chi connectivity index (χ3n) is 3.92. The van der Waals surface area contributed by atoms with Crippen molar-refractivity contribution in [3.63, 3.8) is 0 Å². The van der Waals surface area contributed by atoms with E-state index in [4.69, 9.17) is 4.74 Å². The minimum absolute atomic E-state index is 0.00224. The number of carbonyl (C=O) groups is 2. The minimum atomic E-state index is -1.11. The van der Waals surface area contributed by atoms with Gasteiger partial charge in [0.05, 0.1) is 24.8 Å². The van der Waals surface area contributed by atoms with E-state index in [-0.39, 0.29) is 6.42 Å². The van der Waals surface area contributed by atoms with E-state index < -0.39 is 17.9 Å². The van der Waals surface area contributed by atoms with Gasteiger partial charge in [-0.25, -0.2) is 9.78 Å². The maximum absolute atomic E-state index is 12.3. The summed E-state index contributed by atoms with van der Waals surface area (Å²) in [5.41, 5.74) is 1.95. The molecule has 3 rings (SSSR count). The molecule has 0 fully saturated rings. The molecule has 0 radical (unpaired) electrons. The molecule has 0 bridgehead atoms. The average Bonchev–Trinajstić information content (AvgIpc) is 3.14. The maximum Gasteiger partial charge on any atom is 0.330 e. The van der Waals surface area contributed by atoms with Crippen LogP contribution in [0.1, 0.15) is 17.3 Å². The molecule has 0 saturated carbocycles. The van der Waals surface area contributed by atoms with Crippen molar-refractivity contribution in [1.29, 1.82) is 0 Å². The molecule has 27 heavy (non-hydrogen) atoms. The number of thiazole rings is 1. The molecule has 0 aliphatic rings. The number of hydrogen-bond donors (Lipinski definition) is 2. The Labute approximate surface area is 160 Å². The molecule has 138 valence electrons. The number of amides is 1.